The number of benzene rings is 2. The smallest absolute Gasteiger partial charge is 0.295 e. The van der Waals surface area contributed by atoms with Gasteiger partial charge < -0.3 is 24.6 Å². The van der Waals surface area contributed by atoms with Crippen molar-refractivity contribution in [1.29, 1.82) is 0 Å². The van der Waals surface area contributed by atoms with E-state index in [1.165, 1.54) is 22.3 Å². The fraction of sp³-hybridized carbons (Fsp3) is 0.286. The minimum absolute atomic E-state index is 0.00804. The number of hydrogen-bond acceptors (Lipinski definition) is 7. The van der Waals surface area contributed by atoms with Gasteiger partial charge in [0.25, 0.3) is 11.7 Å². The number of phenols is 1. The molecule has 3 aromatic rings. The summed E-state index contributed by atoms with van der Waals surface area (Å²) in [4.78, 5) is 28.9. The van der Waals surface area contributed by atoms with Crippen LogP contribution in [-0.4, -0.2) is 40.0 Å². The molecule has 2 aromatic carbocycles. The van der Waals surface area contributed by atoms with E-state index in [1.54, 1.807) is 37.3 Å². The Balaban J connectivity index is 1.84. The standard InChI is InChI=1S/C28H29NO6S/c1-4-12-35-22-11-9-19(14-17(22)3)26(31)24-25(18-8-10-21(30)23(15-18)34-5-2)29(28(33)27(24)32)16-20-7-6-13-36-20/h6-11,13-15,25,30-31H,4-5,12,16H2,1-3H3/b26-24-. The highest BCUT2D eigenvalue weighted by atomic mass is 32.1. The molecule has 36 heavy (non-hydrogen) atoms. The van der Waals surface area contributed by atoms with Gasteiger partial charge in [0, 0.05) is 10.4 Å². The predicted molar refractivity (Wildman–Crippen MR) is 138 cm³/mol. The van der Waals surface area contributed by atoms with Gasteiger partial charge in [0.15, 0.2) is 11.5 Å². The van der Waals surface area contributed by atoms with E-state index in [-0.39, 0.29) is 29.4 Å². The molecule has 1 amide bonds. The zero-order chi connectivity index (χ0) is 25.8. The van der Waals surface area contributed by atoms with E-state index in [1.807, 2.05) is 31.4 Å². The molecule has 0 spiro atoms. The summed E-state index contributed by atoms with van der Waals surface area (Å²) in [5.41, 5.74) is 1.76. The largest absolute Gasteiger partial charge is 0.507 e. The van der Waals surface area contributed by atoms with Crippen molar-refractivity contribution in [3.8, 4) is 17.2 Å². The molecule has 1 aromatic heterocycles. The van der Waals surface area contributed by atoms with Crippen LogP contribution < -0.4 is 9.47 Å². The third-order valence-corrected chi connectivity index (χ3v) is 6.82. The average molecular weight is 508 g/mol. The zero-order valence-corrected chi connectivity index (χ0v) is 21.3. The second kappa shape index (κ2) is 10.9. The highest BCUT2D eigenvalue weighted by Crippen LogP contribution is 2.43. The number of ketones is 1. The first-order valence-corrected chi connectivity index (χ1v) is 12.7. The molecule has 0 radical (unpaired) electrons. The lowest BCUT2D eigenvalue weighted by Gasteiger charge is -2.25. The SMILES string of the molecule is CCCOc1ccc(/C(O)=C2/C(=O)C(=O)N(Cc3cccs3)C2c2ccc(O)c(OCC)c2)cc1C. The number of aryl methyl sites for hydroxylation is 1. The Kier molecular flexibility index (Phi) is 7.64. The number of aromatic hydroxyl groups is 1. The lowest BCUT2D eigenvalue weighted by Crippen LogP contribution is -2.28. The van der Waals surface area contributed by atoms with Gasteiger partial charge in [-0.25, -0.2) is 0 Å². The Morgan fingerprint density at radius 1 is 1.06 bits per heavy atom. The molecule has 0 saturated carbocycles. The summed E-state index contributed by atoms with van der Waals surface area (Å²) in [6.45, 7) is 6.79. The van der Waals surface area contributed by atoms with E-state index in [2.05, 4.69) is 0 Å². The Hall–Kier alpha value is -3.78. The van der Waals surface area contributed by atoms with Crippen molar-refractivity contribution < 1.29 is 29.3 Å². The molecular weight excluding hydrogens is 478 g/mol. The van der Waals surface area contributed by atoms with Crippen LogP contribution in [0, 0.1) is 6.92 Å². The number of carbonyl (C=O) groups is 2. The molecule has 8 heteroatoms. The topological polar surface area (TPSA) is 96.3 Å². The maximum atomic E-state index is 13.3. The van der Waals surface area contributed by atoms with Crippen LogP contribution in [0.15, 0.2) is 59.5 Å². The normalized spacial score (nSPS) is 17.0. The first-order valence-electron chi connectivity index (χ1n) is 11.9. The minimum Gasteiger partial charge on any atom is -0.507 e. The molecule has 0 aliphatic carbocycles. The molecule has 1 unspecified atom stereocenters. The van der Waals surface area contributed by atoms with Crippen molar-refractivity contribution in [2.45, 2.75) is 39.8 Å². The summed E-state index contributed by atoms with van der Waals surface area (Å²) >= 11 is 1.48. The van der Waals surface area contributed by atoms with Crippen LogP contribution in [0.25, 0.3) is 5.76 Å². The molecule has 7 nitrogen and oxygen atoms in total. The summed E-state index contributed by atoms with van der Waals surface area (Å²) < 4.78 is 11.3. The molecule has 0 bridgehead atoms. The zero-order valence-electron chi connectivity index (χ0n) is 20.5. The van der Waals surface area contributed by atoms with Gasteiger partial charge in [-0.15, -0.1) is 11.3 Å². The molecule has 1 aliphatic rings. The van der Waals surface area contributed by atoms with Crippen LogP contribution in [0.4, 0.5) is 0 Å². The fourth-order valence-electron chi connectivity index (χ4n) is 4.26. The van der Waals surface area contributed by atoms with Crippen LogP contribution in [0.1, 0.15) is 47.9 Å². The maximum absolute atomic E-state index is 13.3. The van der Waals surface area contributed by atoms with Crippen LogP contribution in [0.2, 0.25) is 0 Å². The van der Waals surface area contributed by atoms with E-state index < -0.39 is 17.7 Å². The van der Waals surface area contributed by atoms with Gasteiger partial charge in [-0.3, -0.25) is 9.59 Å². The second-order valence-electron chi connectivity index (χ2n) is 8.50. The number of carbonyl (C=O) groups excluding carboxylic acids is 2. The molecule has 2 heterocycles. The average Bonchev–Trinajstić information content (AvgIpc) is 3.47. The van der Waals surface area contributed by atoms with Gasteiger partial charge in [0.2, 0.25) is 0 Å². The molecule has 1 saturated heterocycles. The number of aliphatic hydroxyl groups is 1. The van der Waals surface area contributed by atoms with Crippen molar-refractivity contribution in [2.75, 3.05) is 13.2 Å². The molecule has 1 fully saturated rings. The number of likely N-dealkylation sites (tertiary alicyclic amines) is 1. The van der Waals surface area contributed by atoms with E-state index in [4.69, 9.17) is 9.47 Å². The van der Waals surface area contributed by atoms with Gasteiger partial charge >= 0.3 is 0 Å². The summed E-state index contributed by atoms with van der Waals surface area (Å²) in [5.74, 6) is -0.824. The third kappa shape index (κ3) is 4.95. The number of nitrogens with zero attached hydrogens (tertiary/aromatic N) is 1. The van der Waals surface area contributed by atoms with Crippen LogP contribution in [-0.2, 0) is 16.1 Å². The number of thiophene rings is 1. The number of ether oxygens (including phenoxy) is 2. The number of rotatable bonds is 9. The Morgan fingerprint density at radius 3 is 2.53 bits per heavy atom. The first kappa shape index (κ1) is 25.3. The number of amides is 1. The molecule has 188 valence electrons. The number of aliphatic hydroxyl groups excluding tert-OH is 1. The highest BCUT2D eigenvalue weighted by molar-refractivity contribution is 7.09. The number of hydrogen-bond donors (Lipinski definition) is 2. The lowest BCUT2D eigenvalue weighted by molar-refractivity contribution is -0.140. The summed E-state index contributed by atoms with van der Waals surface area (Å²) in [5, 5.41) is 23.5. The van der Waals surface area contributed by atoms with Gasteiger partial charge in [-0.2, -0.15) is 0 Å². The number of phenolic OH excluding ortho intramolecular Hbond substituents is 1. The molecule has 1 aliphatic heterocycles. The summed E-state index contributed by atoms with van der Waals surface area (Å²) in [6, 6.07) is 12.8. The summed E-state index contributed by atoms with van der Waals surface area (Å²) in [7, 11) is 0. The molecule has 2 N–H and O–H groups in total. The maximum Gasteiger partial charge on any atom is 0.295 e. The summed E-state index contributed by atoms with van der Waals surface area (Å²) in [6.07, 6.45) is 0.866. The van der Waals surface area contributed by atoms with Crippen LogP contribution >= 0.6 is 11.3 Å². The minimum atomic E-state index is -0.858. The quantitative estimate of drug-likeness (QED) is 0.223. The van der Waals surface area contributed by atoms with E-state index in [9.17, 15) is 19.8 Å². The highest BCUT2D eigenvalue weighted by Gasteiger charge is 2.46. The first-order chi connectivity index (χ1) is 17.3. The van der Waals surface area contributed by atoms with E-state index >= 15 is 0 Å². The van der Waals surface area contributed by atoms with Crippen molar-refractivity contribution in [3.05, 3.63) is 81.1 Å². The van der Waals surface area contributed by atoms with Crippen LogP contribution in [0.3, 0.4) is 0 Å². The van der Waals surface area contributed by atoms with Crippen molar-refractivity contribution in [2.24, 2.45) is 0 Å². The predicted octanol–water partition coefficient (Wildman–Crippen LogP) is 5.57. The van der Waals surface area contributed by atoms with Gasteiger partial charge in [0.05, 0.1) is 31.4 Å². The molecular formula is C28H29NO6S. The van der Waals surface area contributed by atoms with E-state index in [0.29, 0.717) is 30.1 Å². The second-order valence-corrected chi connectivity index (χ2v) is 9.53. The Labute approximate surface area is 214 Å². The van der Waals surface area contributed by atoms with Gasteiger partial charge in [0.1, 0.15) is 11.5 Å². The monoisotopic (exact) mass is 507 g/mol. The molecule has 4 rings (SSSR count). The lowest BCUT2D eigenvalue weighted by atomic mass is 9.94. The third-order valence-electron chi connectivity index (χ3n) is 5.96. The Morgan fingerprint density at radius 2 is 1.86 bits per heavy atom. The van der Waals surface area contributed by atoms with Crippen LogP contribution in [0.5, 0.6) is 17.2 Å². The van der Waals surface area contributed by atoms with Crippen molar-refractivity contribution in [3.63, 3.8) is 0 Å². The van der Waals surface area contributed by atoms with Crippen molar-refractivity contribution in [1.82, 2.24) is 4.90 Å². The van der Waals surface area contributed by atoms with Gasteiger partial charge in [-0.1, -0.05) is 19.1 Å². The fourth-order valence-corrected chi connectivity index (χ4v) is 4.96. The van der Waals surface area contributed by atoms with Gasteiger partial charge in [-0.05, 0) is 73.2 Å². The number of Topliss-reactive ketones (excluding diaryl/α,β-unsaturated/α-hetero) is 1. The molecule has 1 atom stereocenters. The van der Waals surface area contributed by atoms with E-state index in [0.717, 1.165) is 16.9 Å². The Bertz CT molecular complexity index is 1300. The van der Waals surface area contributed by atoms with Crippen molar-refractivity contribution >= 4 is 28.8 Å².